The second-order valence-corrected chi connectivity index (χ2v) is 11.3. The molecule has 0 bridgehead atoms. The Morgan fingerprint density at radius 1 is 0.333 bits per heavy atom. The fourth-order valence-corrected chi connectivity index (χ4v) is 5.38. The number of hydrogen-bond acceptors (Lipinski definition) is 2. The minimum absolute atomic E-state index is 0.649. The molecule has 0 atom stereocenters. The van der Waals surface area contributed by atoms with Crippen LogP contribution in [0.25, 0.3) is 11.1 Å². The summed E-state index contributed by atoms with van der Waals surface area (Å²) < 4.78 is 39.8. The second-order valence-electron chi connectivity index (χ2n) is 11.3. The summed E-state index contributed by atoms with van der Waals surface area (Å²) >= 11 is 0. The van der Waals surface area contributed by atoms with Crippen molar-refractivity contribution in [2.24, 2.45) is 0 Å². The van der Waals surface area contributed by atoms with E-state index in [1.54, 1.807) is 0 Å². The molecule has 5 heteroatoms. The van der Waals surface area contributed by atoms with Crippen LogP contribution in [0.4, 0.5) is 47.3 Å². The Bertz CT molecular complexity index is 1810. The van der Waals surface area contributed by atoms with E-state index < -0.39 is 11.7 Å². The number of nitrogens with zero attached hydrogens (tertiary/aromatic N) is 2. The summed E-state index contributed by atoms with van der Waals surface area (Å²) in [6.45, 7) is 6.18. The molecule has 0 amide bonds. The monoisotopic (exact) mass is 598 g/mol. The van der Waals surface area contributed by atoms with E-state index in [0.717, 1.165) is 57.3 Å². The van der Waals surface area contributed by atoms with Crippen LogP contribution in [0.5, 0.6) is 0 Å². The first kappa shape index (κ1) is 29.8. The Balaban J connectivity index is 1.31. The molecule has 0 aromatic heterocycles. The number of alkyl halides is 3. The summed E-state index contributed by atoms with van der Waals surface area (Å²) in [6, 6.07) is 46.9. The lowest BCUT2D eigenvalue weighted by Gasteiger charge is -2.26. The first-order valence-electron chi connectivity index (χ1n) is 14.8. The van der Waals surface area contributed by atoms with E-state index in [9.17, 15) is 13.2 Å². The number of benzene rings is 6. The van der Waals surface area contributed by atoms with Gasteiger partial charge in [-0.1, -0.05) is 77.4 Å². The number of anilines is 6. The van der Waals surface area contributed by atoms with Crippen molar-refractivity contribution in [2.45, 2.75) is 26.9 Å². The van der Waals surface area contributed by atoms with Crippen molar-refractivity contribution in [1.82, 2.24) is 0 Å². The zero-order valence-electron chi connectivity index (χ0n) is 25.4. The molecule has 0 heterocycles. The normalized spacial score (nSPS) is 11.3. The molecule has 0 spiro atoms. The number of halogens is 3. The molecular weight excluding hydrogens is 565 g/mol. The zero-order chi connectivity index (χ0) is 31.6. The van der Waals surface area contributed by atoms with Crippen LogP contribution in [0.15, 0.2) is 146 Å². The smallest absolute Gasteiger partial charge is 0.311 e. The van der Waals surface area contributed by atoms with Gasteiger partial charge in [-0.15, -0.1) is 0 Å². The average molecular weight is 599 g/mol. The fraction of sp³-hybridized carbons (Fsp3) is 0.100. The summed E-state index contributed by atoms with van der Waals surface area (Å²) in [4.78, 5) is 4.21. The molecule has 6 aromatic carbocycles. The summed E-state index contributed by atoms with van der Waals surface area (Å²) in [5.74, 6) is 0. The van der Waals surface area contributed by atoms with E-state index in [2.05, 4.69) is 91.5 Å². The van der Waals surface area contributed by atoms with Gasteiger partial charge in [-0.3, -0.25) is 0 Å². The second kappa shape index (κ2) is 12.4. The van der Waals surface area contributed by atoms with Gasteiger partial charge in [-0.25, -0.2) is 0 Å². The van der Waals surface area contributed by atoms with Crippen molar-refractivity contribution in [3.05, 3.63) is 168 Å². The molecule has 0 unspecified atom stereocenters. The minimum atomic E-state index is -4.39. The Hall–Kier alpha value is -5.29. The molecule has 6 aromatic rings. The number of aryl methyl sites for hydroxylation is 3. The molecule has 0 saturated heterocycles. The molecule has 0 N–H and O–H groups in total. The van der Waals surface area contributed by atoms with Crippen molar-refractivity contribution in [2.75, 3.05) is 9.80 Å². The predicted molar refractivity (Wildman–Crippen MR) is 180 cm³/mol. The first-order valence-corrected chi connectivity index (χ1v) is 14.8. The van der Waals surface area contributed by atoms with Gasteiger partial charge in [0.05, 0.1) is 5.56 Å². The van der Waals surface area contributed by atoms with Gasteiger partial charge in [0, 0.05) is 34.1 Å². The van der Waals surface area contributed by atoms with E-state index in [1.807, 2.05) is 60.4 Å². The molecule has 0 aliphatic rings. The van der Waals surface area contributed by atoms with E-state index in [0.29, 0.717) is 5.69 Å². The lowest BCUT2D eigenvalue weighted by atomic mass is 10.0. The molecule has 0 saturated carbocycles. The molecule has 224 valence electrons. The van der Waals surface area contributed by atoms with Crippen LogP contribution in [0.1, 0.15) is 22.3 Å². The molecule has 0 fully saturated rings. The Labute approximate surface area is 262 Å². The van der Waals surface area contributed by atoms with Gasteiger partial charge in [-0.2, -0.15) is 13.2 Å². The van der Waals surface area contributed by atoms with Gasteiger partial charge in [0.2, 0.25) is 0 Å². The van der Waals surface area contributed by atoms with E-state index in [-0.39, 0.29) is 0 Å². The lowest BCUT2D eigenvalue weighted by Crippen LogP contribution is -2.11. The first-order chi connectivity index (χ1) is 21.7. The van der Waals surface area contributed by atoms with Crippen LogP contribution in [0.3, 0.4) is 0 Å². The van der Waals surface area contributed by atoms with Crippen molar-refractivity contribution in [1.29, 1.82) is 0 Å². The molecular formula is C40H33F3N2. The van der Waals surface area contributed by atoms with Gasteiger partial charge >= 0.3 is 6.18 Å². The summed E-state index contributed by atoms with van der Waals surface area (Å²) in [7, 11) is 0. The molecule has 2 nitrogen and oxygen atoms in total. The topological polar surface area (TPSA) is 6.48 Å². The van der Waals surface area contributed by atoms with Gasteiger partial charge in [0.15, 0.2) is 0 Å². The Morgan fingerprint density at radius 3 is 0.800 bits per heavy atom. The number of hydrogen-bond donors (Lipinski definition) is 0. The Morgan fingerprint density at radius 2 is 0.556 bits per heavy atom. The number of rotatable bonds is 7. The Kier molecular flexibility index (Phi) is 8.18. The zero-order valence-corrected chi connectivity index (χ0v) is 25.4. The van der Waals surface area contributed by atoms with Crippen LogP contribution in [0.2, 0.25) is 0 Å². The standard InChI is InChI=1S/C40H33F3N2/c1-28-4-16-34(17-5-28)44(35-18-6-29(2)7-19-35)37-22-10-31(11-23-37)32-12-24-38(25-13-32)45(36-20-8-30(3)9-21-36)39-26-14-33(15-27-39)40(41,42)43/h4-27H,1-3H3. The van der Waals surface area contributed by atoms with Crippen LogP contribution in [-0.4, -0.2) is 0 Å². The van der Waals surface area contributed by atoms with Crippen LogP contribution in [-0.2, 0) is 6.18 Å². The summed E-state index contributed by atoms with van der Waals surface area (Å²) in [5, 5.41) is 0. The predicted octanol–water partition coefficient (Wildman–Crippen LogP) is 12.2. The van der Waals surface area contributed by atoms with Crippen molar-refractivity contribution in [3.8, 4) is 11.1 Å². The maximum Gasteiger partial charge on any atom is 0.416 e. The van der Waals surface area contributed by atoms with Crippen LogP contribution >= 0.6 is 0 Å². The van der Waals surface area contributed by atoms with Crippen LogP contribution in [0, 0.1) is 20.8 Å². The van der Waals surface area contributed by atoms with Crippen molar-refractivity contribution >= 4 is 34.1 Å². The van der Waals surface area contributed by atoms with Gasteiger partial charge in [0.25, 0.3) is 0 Å². The van der Waals surface area contributed by atoms with Crippen LogP contribution < -0.4 is 9.80 Å². The third-order valence-corrected chi connectivity index (χ3v) is 7.91. The highest BCUT2D eigenvalue weighted by molar-refractivity contribution is 5.81. The van der Waals surface area contributed by atoms with Gasteiger partial charge in [-0.05, 0) is 117 Å². The quantitative estimate of drug-likeness (QED) is 0.180. The fourth-order valence-electron chi connectivity index (χ4n) is 5.38. The largest absolute Gasteiger partial charge is 0.416 e. The molecule has 0 aliphatic carbocycles. The highest BCUT2D eigenvalue weighted by atomic mass is 19.4. The minimum Gasteiger partial charge on any atom is -0.311 e. The van der Waals surface area contributed by atoms with Crippen molar-refractivity contribution in [3.63, 3.8) is 0 Å². The van der Waals surface area contributed by atoms with Crippen molar-refractivity contribution < 1.29 is 13.2 Å². The van der Waals surface area contributed by atoms with Gasteiger partial charge < -0.3 is 9.80 Å². The third kappa shape index (κ3) is 6.63. The summed E-state index contributed by atoms with van der Waals surface area (Å²) in [5.41, 5.74) is 10.5. The molecule has 0 radical (unpaired) electrons. The van der Waals surface area contributed by atoms with E-state index >= 15 is 0 Å². The van der Waals surface area contributed by atoms with E-state index in [4.69, 9.17) is 0 Å². The highest BCUT2D eigenvalue weighted by Crippen LogP contribution is 2.39. The lowest BCUT2D eigenvalue weighted by molar-refractivity contribution is -0.137. The van der Waals surface area contributed by atoms with Gasteiger partial charge in [0.1, 0.15) is 0 Å². The molecule has 45 heavy (non-hydrogen) atoms. The highest BCUT2D eigenvalue weighted by Gasteiger charge is 2.30. The molecule has 6 rings (SSSR count). The maximum atomic E-state index is 13.3. The SMILES string of the molecule is Cc1ccc(N(c2ccc(C)cc2)c2ccc(-c3ccc(N(c4ccc(C)cc4)c4ccc(C(F)(F)F)cc4)cc3)cc2)cc1. The molecule has 0 aliphatic heterocycles. The maximum absolute atomic E-state index is 13.3. The average Bonchev–Trinajstić information content (AvgIpc) is 3.05. The van der Waals surface area contributed by atoms with E-state index in [1.165, 1.54) is 23.3 Å². The third-order valence-electron chi connectivity index (χ3n) is 7.91. The summed E-state index contributed by atoms with van der Waals surface area (Å²) in [6.07, 6.45) is -4.39.